The molecule has 2 saturated heterocycles. The third-order valence-corrected chi connectivity index (χ3v) is 4.32. The maximum Gasteiger partial charge on any atom is 0.321 e. The maximum absolute atomic E-state index is 14.5. The number of carbonyl (C=O) groups excluding carboxylic acids is 1. The van der Waals surface area contributed by atoms with Gasteiger partial charge in [-0.3, -0.25) is 0 Å². The van der Waals surface area contributed by atoms with Gasteiger partial charge in [0.25, 0.3) is 0 Å². The smallest absolute Gasteiger partial charge is 0.321 e. The molecule has 1 N–H and O–H groups in total. The summed E-state index contributed by atoms with van der Waals surface area (Å²) < 4.78 is 19.8. The van der Waals surface area contributed by atoms with Gasteiger partial charge in [0.15, 0.2) is 5.82 Å². The van der Waals surface area contributed by atoms with Crippen LogP contribution in [0.15, 0.2) is 12.1 Å². The van der Waals surface area contributed by atoms with Gasteiger partial charge in [0.05, 0.1) is 29.6 Å². The molecule has 0 radical (unpaired) electrons. The van der Waals surface area contributed by atoms with Crippen molar-refractivity contribution < 1.29 is 13.9 Å². The van der Waals surface area contributed by atoms with E-state index in [4.69, 9.17) is 16.3 Å². The normalized spacial score (nSPS) is 18.6. The Morgan fingerprint density at radius 3 is 2.55 bits per heavy atom. The van der Waals surface area contributed by atoms with Gasteiger partial charge < -0.3 is 19.9 Å². The van der Waals surface area contributed by atoms with Gasteiger partial charge in [0.1, 0.15) is 0 Å². The minimum Gasteiger partial charge on any atom is -0.378 e. The molecule has 0 atom stereocenters. The summed E-state index contributed by atoms with van der Waals surface area (Å²) in [5, 5.41) is 2.88. The predicted molar refractivity (Wildman–Crippen MR) is 84.3 cm³/mol. The maximum atomic E-state index is 14.5. The number of hydrogen-bond donors (Lipinski definition) is 1. The molecule has 0 bridgehead atoms. The van der Waals surface area contributed by atoms with E-state index in [-0.39, 0.29) is 11.1 Å². The number of ether oxygens (including phenoxy) is 1. The van der Waals surface area contributed by atoms with E-state index < -0.39 is 5.82 Å². The van der Waals surface area contributed by atoms with Crippen LogP contribution in [-0.2, 0) is 4.74 Å². The molecule has 1 aromatic carbocycles. The van der Waals surface area contributed by atoms with Gasteiger partial charge in [-0.1, -0.05) is 11.6 Å². The Labute approximate surface area is 134 Å². The SMILES string of the molecule is O=C(Nc1ccc(Cl)c(F)c1N1CCOCC1)N1CCCC1. The van der Waals surface area contributed by atoms with E-state index in [9.17, 15) is 9.18 Å². The third-order valence-electron chi connectivity index (χ3n) is 4.03. The predicted octanol–water partition coefficient (Wildman–Crippen LogP) is 2.94. The Morgan fingerprint density at radius 1 is 1.18 bits per heavy atom. The largest absolute Gasteiger partial charge is 0.378 e. The van der Waals surface area contributed by atoms with E-state index in [1.54, 1.807) is 11.0 Å². The van der Waals surface area contributed by atoms with Gasteiger partial charge in [0, 0.05) is 26.2 Å². The number of anilines is 2. The van der Waals surface area contributed by atoms with Crippen molar-refractivity contribution in [1.82, 2.24) is 4.90 Å². The Morgan fingerprint density at radius 2 is 1.86 bits per heavy atom. The molecule has 2 amide bonds. The van der Waals surface area contributed by atoms with Crippen molar-refractivity contribution >= 4 is 29.0 Å². The summed E-state index contributed by atoms with van der Waals surface area (Å²) in [7, 11) is 0. The van der Waals surface area contributed by atoms with Crippen molar-refractivity contribution in [2.24, 2.45) is 0 Å². The number of benzene rings is 1. The van der Waals surface area contributed by atoms with Crippen molar-refractivity contribution in [3.8, 4) is 0 Å². The van der Waals surface area contributed by atoms with E-state index >= 15 is 0 Å². The fourth-order valence-corrected chi connectivity index (χ4v) is 3.00. The number of amides is 2. The van der Waals surface area contributed by atoms with E-state index in [0.717, 1.165) is 25.9 Å². The second-order valence-electron chi connectivity index (χ2n) is 5.48. The van der Waals surface area contributed by atoms with Crippen molar-refractivity contribution in [2.45, 2.75) is 12.8 Å². The molecule has 0 aliphatic carbocycles. The molecule has 120 valence electrons. The first-order valence-corrected chi connectivity index (χ1v) is 7.91. The molecule has 5 nitrogen and oxygen atoms in total. The Bertz CT molecular complexity index is 558. The molecule has 2 aliphatic rings. The lowest BCUT2D eigenvalue weighted by Crippen LogP contribution is -2.38. The zero-order valence-corrected chi connectivity index (χ0v) is 13.0. The highest BCUT2D eigenvalue weighted by Gasteiger charge is 2.24. The van der Waals surface area contributed by atoms with Crippen LogP contribution in [-0.4, -0.2) is 50.3 Å². The highest BCUT2D eigenvalue weighted by Crippen LogP contribution is 2.34. The summed E-state index contributed by atoms with van der Waals surface area (Å²) in [6.45, 7) is 3.70. The van der Waals surface area contributed by atoms with E-state index in [2.05, 4.69) is 5.32 Å². The first-order chi connectivity index (χ1) is 10.7. The summed E-state index contributed by atoms with van der Waals surface area (Å²) >= 11 is 5.91. The van der Waals surface area contributed by atoms with E-state index in [1.165, 1.54) is 6.07 Å². The molecule has 22 heavy (non-hydrogen) atoms. The fraction of sp³-hybridized carbons (Fsp3) is 0.533. The monoisotopic (exact) mass is 327 g/mol. The van der Waals surface area contributed by atoms with Crippen LogP contribution in [0.5, 0.6) is 0 Å². The molecule has 1 aromatic rings. The Hall–Kier alpha value is -1.53. The first-order valence-electron chi connectivity index (χ1n) is 7.53. The molecule has 2 aliphatic heterocycles. The van der Waals surface area contributed by atoms with Gasteiger partial charge in [-0.15, -0.1) is 0 Å². The quantitative estimate of drug-likeness (QED) is 0.908. The highest BCUT2D eigenvalue weighted by atomic mass is 35.5. The molecular weight excluding hydrogens is 309 g/mol. The van der Waals surface area contributed by atoms with Gasteiger partial charge in [-0.2, -0.15) is 0 Å². The summed E-state index contributed by atoms with van der Waals surface area (Å²) in [6.07, 6.45) is 2.03. The van der Waals surface area contributed by atoms with Crippen molar-refractivity contribution in [3.05, 3.63) is 23.0 Å². The Kier molecular flexibility index (Phi) is 4.69. The minimum atomic E-state index is -0.497. The molecular formula is C15H19ClFN3O2. The molecule has 2 fully saturated rings. The van der Waals surface area contributed by atoms with E-state index in [1.807, 2.05) is 4.90 Å². The standard InChI is InChI=1S/C15H19ClFN3O2/c16-11-3-4-12(18-15(21)20-5-1-2-6-20)14(13(11)17)19-7-9-22-10-8-19/h3-4H,1-2,5-10H2,(H,18,21). The van der Waals surface area contributed by atoms with Crippen molar-refractivity contribution in [1.29, 1.82) is 0 Å². The number of nitrogens with zero attached hydrogens (tertiary/aromatic N) is 2. The lowest BCUT2D eigenvalue weighted by atomic mass is 10.2. The first kappa shape index (κ1) is 15.4. The van der Waals surface area contributed by atoms with Gasteiger partial charge in [0.2, 0.25) is 0 Å². The summed E-state index contributed by atoms with van der Waals surface area (Å²) in [6, 6.07) is 2.94. The zero-order chi connectivity index (χ0) is 15.5. The van der Waals surface area contributed by atoms with Crippen LogP contribution >= 0.6 is 11.6 Å². The van der Waals surface area contributed by atoms with Crippen LogP contribution in [0.3, 0.4) is 0 Å². The lowest BCUT2D eigenvalue weighted by Gasteiger charge is -2.31. The zero-order valence-electron chi connectivity index (χ0n) is 12.3. The number of urea groups is 1. The van der Waals surface area contributed by atoms with Crippen molar-refractivity contribution in [3.63, 3.8) is 0 Å². The summed E-state index contributed by atoms with van der Waals surface area (Å²) in [5.74, 6) is -0.497. The average molecular weight is 328 g/mol. The second-order valence-corrected chi connectivity index (χ2v) is 5.89. The van der Waals surface area contributed by atoms with Crippen molar-refractivity contribution in [2.75, 3.05) is 49.6 Å². The second kappa shape index (κ2) is 6.71. The average Bonchev–Trinajstić information content (AvgIpc) is 3.06. The molecule has 0 saturated carbocycles. The molecule has 3 rings (SSSR count). The van der Waals surface area contributed by atoms with Crippen LogP contribution in [0.25, 0.3) is 0 Å². The van der Waals surface area contributed by atoms with Crippen LogP contribution in [0.1, 0.15) is 12.8 Å². The number of nitrogens with one attached hydrogen (secondary N) is 1. The number of hydrogen-bond acceptors (Lipinski definition) is 3. The minimum absolute atomic E-state index is 0.0562. The number of halogens is 2. The summed E-state index contributed by atoms with van der Waals surface area (Å²) in [5.41, 5.74) is 0.809. The van der Waals surface area contributed by atoms with Gasteiger partial charge in [-0.25, -0.2) is 9.18 Å². The Balaban J connectivity index is 1.85. The number of rotatable bonds is 2. The molecule has 0 spiro atoms. The van der Waals surface area contributed by atoms with Crippen LogP contribution in [0, 0.1) is 5.82 Å². The van der Waals surface area contributed by atoms with Gasteiger partial charge >= 0.3 is 6.03 Å². The molecule has 2 heterocycles. The molecule has 0 unspecified atom stereocenters. The summed E-state index contributed by atoms with van der Waals surface area (Å²) in [4.78, 5) is 15.9. The van der Waals surface area contributed by atoms with Crippen LogP contribution in [0.4, 0.5) is 20.6 Å². The highest BCUT2D eigenvalue weighted by molar-refractivity contribution is 6.31. The number of likely N-dealkylation sites (tertiary alicyclic amines) is 1. The third kappa shape index (κ3) is 3.13. The lowest BCUT2D eigenvalue weighted by molar-refractivity contribution is 0.122. The van der Waals surface area contributed by atoms with E-state index in [0.29, 0.717) is 37.7 Å². The fourth-order valence-electron chi connectivity index (χ4n) is 2.85. The van der Waals surface area contributed by atoms with Gasteiger partial charge in [-0.05, 0) is 25.0 Å². The van der Waals surface area contributed by atoms with Crippen LogP contribution < -0.4 is 10.2 Å². The molecule has 0 aromatic heterocycles. The number of carbonyl (C=O) groups is 1. The van der Waals surface area contributed by atoms with Crippen LogP contribution in [0.2, 0.25) is 5.02 Å². The topological polar surface area (TPSA) is 44.8 Å². The number of morpholine rings is 1. The molecule has 7 heteroatoms.